The van der Waals surface area contributed by atoms with Gasteiger partial charge in [-0.05, 0) is 67.3 Å². The Balaban J connectivity index is 0.00000289. The Kier molecular flexibility index (Phi) is 8.35. The highest BCUT2D eigenvalue weighted by atomic mass is 35.5. The fraction of sp³-hybridized carbons (Fsp3) is 0.519. The number of nitrogens with zero attached hydrogens (tertiary/aromatic N) is 1. The van der Waals surface area contributed by atoms with Gasteiger partial charge in [0.05, 0.1) is 6.61 Å². The van der Waals surface area contributed by atoms with Gasteiger partial charge in [0.1, 0.15) is 5.82 Å². The van der Waals surface area contributed by atoms with Crippen molar-refractivity contribution in [2.75, 3.05) is 19.7 Å². The van der Waals surface area contributed by atoms with Gasteiger partial charge < -0.3 is 4.74 Å². The minimum atomic E-state index is -0.253. The summed E-state index contributed by atoms with van der Waals surface area (Å²) in [5.74, 6) is 0.845. The molecule has 0 amide bonds. The smallest absolute Gasteiger partial charge is 0.213 e. The van der Waals surface area contributed by atoms with Gasteiger partial charge >= 0.3 is 0 Å². The number of rotatable bonds is 7. The van der Waals surface area contributed by atoms with Crippen molar-refractivity contribution >= 4 is 18.3 Å². The summed E-state index contributed by atoms with van der Waals surface area (Å²) in [5.41, 5.74) is 3.01. The van der Waals surface area contributed by atoms with E-state index in [2.05, 4.69) is 48.2 Å². The molecule has 174 valence electrons. The van der Waals surface area contributed by atoms with E-state index in [1.165, 1.54) is 30.9 Å². The van der Waals surface area contributed by atoms with Gasteiger partial charge in [0.25, 0.3) is 0 Å². The molecular weight excluding hydrogens is 423 g/mol. The van der Waals surface area contributed by atoms with Gasteiger partial charge in [-0.25, -0.2) is 4.39 Å². The molecule has 1 saturated carbocycles. The molecule has 3 nitrogen and oxygen atoms in total. The maximum absolute atomic E-state index is 14.8. The molecule has 2 unspecified atom stereocenters. The van der Waals surface area contributed by atoms with Gasteiger partial charge in [-0.2, -0.15) is 0 Å². The van der Waals surface area contributed by atoms with Crippen LogP contribution in [0.5, 0.6) is 0 Å². The highest BCUT2D eigenvalue weighted by Crippen LogP contribution is 2.54. The van der Waals surface area contributed by atoms with Crippen LogP contribution in [-0.4, -0.2) is 30.5 Å². The molecule has 4 rings (SSSR count). The number of fused-ring (bicyclic) bond motifs is 2. The fourth-order valence-electron chi connectivity index (χ4n) is 6.29. The minimum Gasteiger partial charge on any atom is -0.478 e. The summed E-state index contributed by atoms with van der Waals surface area (Å²) in [4.78, 5) is 2.61. The van der Waals surface area contributed by atoms with Crippen molar-refractivity contribution in [1.82, 2.24) is 4.90 Å². The number of piperidine rings is 1. The van der Waals surface area contributed by atoms with Crippen molar-refractivity contribution in [1.29, 1.82) is 5.41 Å². The lowest BCUT2D eigenvalue weighted by Gasteiger charge is -2.57. The molecular formula is C27H36ClFN2O. The van der Waals surface area contributed by atoms with E-state index in [0.29, 0.717) is 24.0 Å². The quantitative estimate of drug-likeness (QED) is 0.375. The van der Waals surface area contributed by atoms with E-state index in [4.69, 9.17) is 10.1 Å². The maximum atomic E-state index is 14.8. The van der Waals surface area contributed by atoms with E-state index >= 15 is 0 Å². The molecule has 0 radical (unpaired) electrons. The first-order valence-corrected chi connectivity index (χ1v) is 11.9. The van der Waals surface area contributed by atoms with E-state index in [0.717, 1.165) is 38.0 Å². The summed E-state index contributed by atoms with van der Waals surface area (Å²) in [5, 5.41) is 8.22. The van der Waals surface area contributed by atoms with Crippen LogP contribution in [0, 0.1) is 23.1 Å². The zero-order valence-electron chi connectivity index (χ0n) is 19.3. The van der Waals surface area contributed by atoms with E-state index < -0.39 is 0 Å². The molecule has 1 saturated heterocycles. The summed E-state index contributed by atoms with van der Waals surface area (Å²) in [6.07, 6.45) is 5.80. The molecule has 2 aliphatic rings. The van der Waals surface area contributed by atoms with Crippen LogP contribution in [0.1, 0.15) is 62.6 Å². The van der Waals surface area contributed by atoms with Crippen LogP contribution in [0.25, 0.3) is 0 Å². The number of benzene rings is 2. The summed E-state index contributed by atoms with van der Waals surface area (Å²) in [7, 11) is 0. The maximum Gasteiger partial charge on any atom is 0.213 e. The standard InChI is InChI=1S/C27H35FN2O.ClH/c1-3-13-27(24-14-21(15-25(28)16-24)26(29)31-4-2)22-11-8-12-23(27)19-30(18-22)17-20-9-6-5-7-10-20;/h5-7,9-10,14-16,22-23,29H,3-4,8,11-13,17-19H2,1-2H3;1H. The summed E-state index contributed by atoms with van der Waals surface area (Å²) in [6.45, 7) is 7.63. The number of nitrogens with one attached hydrogen (secondary N) is 1. The predicted octanol–water partition coefficient (Wildman–Crippen LogP) is 6.58. The largest absolute Gasteiger partial charge is 0.478 e. The Morgan fingerprint density at radius 3 is 2.41 bits per heavy atom. The SMILES string of the molecule is CCCC1(c2cc(F)cc(C(=N)OCC)c2)C2CCCC1CN(Cc1ccccc1)C2.Cl. The number of halogens is 2. The lowest BCUT2D eigenvalue weighted by molar-refractivity contribution is -0.0151. The van der Waals surface area contributed by atoms with Crippen LogP contribution >= 0.6 is 12.4 Å². The van der Waals surface area contributed by atoms with Crippen molar-refractivity contribution in [3.05, 3.63) is 71.0 Å². The van der Waals surface area contributed by atoms with Gasteiger partial charge in [-0.3, -0.25) is 10.3 Å². The third kappa shape index (κ3) is 4.87. The van der Waals surface area contributed by atoms with Crippen LogP contribution in [0.3, 0.4) is 0 Å². The fourth-order valence-corrected chi connectivity index (χ4v) is 6.29. The first kappa shape index (κ1) is 24.7. The number of likely N-dealkylation sites (tertiary alicyclic amines) is 1. The molecule has 1 N–H and O–H groups in total. The van der Waals surface area contributed by atoms with Gasteiger partial charge in [-0.15, -0.1) is 12.4 Å². The minimum absolute atomic E-state index is 0. The van der Waals surface area contributed by atoms with E-state index in [9.17, 15) is 4.39 Å². The molecule has 2 bridgehead atoms. The molecule has 32 heavy (non-hydrogen) atoms. The van der Waals surface area contributed by atoms with Gasteiger partial charge in [0, 0.05) is 30.6 Å². The second-order valence-electron chi connectivity index (χ2n) is 9.29. The molecule has 1 aliphatic carbocycles. The number of hydrogen-bond acceptors (Lipinski definition) is 3. The van der Waals surface area contributed by atoms with Crippen LogP contribution in [0.4, 0.5) is 4.39 Å². The molecule has 2 atom stereocenters. The van der Waals surface area contributed by atoms with Gasteiger partial charge in [0.2, 0.25) is 5.90 Å². The molecule has 1 aliphatic heterocycles. The Hall–Kier alpha value is -1.91. The highest BCUT2D eigenvalue weighted by molar-refractivity contribution is 5.91. The lowest BCUT2D eigenvalue weighted by atomic mass is 9.53. The van der Waals surface area contributed by atoms with E-state index in [-0.39, 0.29) is 29.5 Å². The van der Waals surface area contributed by atoms with Crippen LogP contribution in [0.15, 0.2) is 48.5 Å². The van der Waals surface area contributed by atoms with Crippen molar-refractivity contribution < 1.29 is 9.13 Å². The third-order valence-corrected chi connectivity index (χ3v) is 7.42. The van der Waals surface area contributed by atoms with E-state index in [1.54, 1.807) is 6.07 Å². The molecule has 0 aromatic heterocycles. The van der Waals surface area contributed by atoms with Crippen LogP contribution in [0.2, 0.25) is 0 Å². The zero-order chi connectivity index (χ0) is 21.8. The molecule has 2 aromatic rings. The van der Waals surface area contributed by atoms with E-state index in [1.807, 2.05) is 6.92 Å². The average molecular weight is 459 g/mol. The number of ether oxygens (including phenoxy) is 1. The highest BCUT2D eigenvalue weighted by Gasteiger charge is 2.51. The second kappa shape index (κ2) is 10.8. The van der Waals surface area contributed by atoms with Crippen molar-refractivity contribution in [3.63, 3.8) is 0 Å². The first-order chi connectivity index (χ1) is 15.1. The molecule has 5 heteroatoms. The Morgan fingerprint density at radius 2 is 1.78 bits per heavy atom. The third-order valence-electron chi connectivity index (χ3n) is 7.42. The molecule has 2 aromatic carbocycles. The summed E-state index contributed by atoms with van der Waals surface area (Å²) < 4.78 is 20.2. The van der Waals surface area contributed by atoms with Crippen LogP contribution < -0.4 is 0 Å². The normalized spacial score (nSPS) is 25.1. The lowest BCUT2D eigenvalue weighted by Crippen LogP contribution is -2.57. The average Bonchev–Trinajstić information content (AvgIpc) is 2.75. The molecule has 1 heterocycles. The Bertz CT molecular complexity index is 890. The summed E-state index contributed by atoms with van der Waals surface area (Å²) in [6, 6.07) is 16.0. The number of hydrogen-bond donors (Lipinski definition) is 1. The van der Waals surface area contributed by atoms with Crippen LogP contribution in [-0.2, 0) is 16.7 Å². The van der Waals surface area contributed by atoms with Crippen molar-refractivity contribution in [2.24, 2.45) is 11.8 Å². The molecule has 2 fully saturated rings. The monoisotopic (exact) mass is 458 g/mol. The van der Waals surface area contributed by atoms with Crippen molar-refractivity contribution in [3.8, 4) is 0 Å². The second-order valence-corrected chi connectivity index (χ2v) is 9.29. The van der Waals surface area contributed by atoms with Crippen molar-refractivity contribution in [2.45, 2.75) is 57.9 Å². The van der Waals surface area contributed by atoms with Gasteiger partial charge in [0.15, 0.2) is 0 Å². The topological polar surface area (TPSA) is 36.3 Å². The zero-order valence-corrected chi connectivity index (χ0v) is 20.1. The van der Waals surface area contributed by atoms with Gasteiger partial charge in [-0.1, -0.05) is 50.1 Å². The Morgan fingerprint density at radius 1 is 1.09 bits per heavy atom. The predicted molar refractivity (Wildman–Crippen MR) is 131 cm³/mol. The summed E-state index contributed by atoms with van der Waals surface area (Å²) >= 11 is 0. The first-order valence-electron chi connectivity index (χ1n) is 11.9. The Labute approximate surface area is 198 Å². The molecule has 0 spiro atoms.